The SMILES string of the molecule is Cc1cc(N2C[C@H]3CC[C@@H](C2)[C@@H]3Nc2nc3n(n2)CCCC3c2ccc3c(c2)OCO3)sn1. The van der Waals surface area contributed by atoms with E-state index in [-0.39, 0.29) is 5.92 Å². The summed E-state index contributed by atoms with van der Waals surface area (Å²) in [5.74, 6) is 5.00. The highest BCUT2D eigenvalue weighted by atomic mass is 32.1. The van der Waals surface area contributed by atoms with Crippen molar-refractivity contribution in [2.45, 2.75) is 51.1 Å². The molecule has 0 spiro atoms. The summed E-state index contributed by atoms with van der Waals surface area (Å²) < 4.78 is 17.7. The standard InChI is InChI=1S/C24H28N6O2S/c1-14-9-21(33-28-14)29-11-16-4-5-17(12-29)22(16)25-24-26-23-18(3-2-8-30(23)27-24)15-6-7-19-20(10-15)32-13-31-19/h6-7,9-10,16-18,22H,2-5,8,11-13H2,1H3,(H,25,27)/t16-,17+,18?,22-. The van der Waals surface area contributed by atoms with Gasteiger partial charge in [0.2, 0.25) is 12.7 Å². The molecule has 33 heavy (non-hydrogen) atoms. The number of aromatic nitrogens is 4. The second kappa shape index (κ2) is 7.62. The first-order valence-electron chi connectivity index (χ1n) is 12.0. The molecule has 8 nitrogen and oxygen atoms in total. The average molecular weight is 465 g/mol. The van der Waals surface area contributed by atoms with E-state index >= 15 is 0 Å². The Balaban J connectivity index is 1.11. The first kappa shape index (κ1) is 19.6. The fourth-order valence-electron chi connectivity index (χ4n) is 6.14. The summed E-state index contributed by atoms with van der Waals surface area (Å²) in [6, 6.07) is 8.94. The molecular weight excluding hydrogens is 436 g/mol. The summed E-state index contributed by atoms with van der Waals surface area (Å²) >= 11 is 1.63. The van der Waals surface area contributed by atoms with E-state index in [1.807, 2.05) is 6.07 Å². The maximum Gasteiger partial charge on any atom is 0.242 e. The quantitative estimate of drug-likeness (QED) is 0.625. The summed E-state index contributed by atoms with van der Waals surface area (Å²) in [5.41, 5.74) is 2.35. The Bertz CT molecular complexity index is 1180. The maximum absolute atomic E-state index is 5.61. The molecule has 1 saturated heterocycles. The molecule has 9 heteroatoms. The van der Waals surface area contributed by atoms with E-state index in [1.165, 1.54) is 23.4 Å². The smallest absolute Gasteiger partial charge is 0.242 e. The zero-order valence-electron chi connectivity index (χ0n) is 18.7. The molecule has 7 rings (SSSR count). The second-order valence-electron chi connectivity index (χ2n) is 9.80. The van der Waals surface area contributed by atoms with Crippen LogP contribution in [0.4, 0.5) is 10.9 Å². The first-order valence-corrected chi connectivity index (χ1v) is 12.8. The van der Waals surface area contributed by atoms with Gasteiger partial charge in [0.05, 0.1) is 5.69 Å². The largest absolute Gasteiger partial charge is 0.454 e. The van der Waals surface area contributed by atoms with E-state index < -0.39 is 0 Å². The summed E-state index contributed by atoms with van der Waals surface area (Å²) in [4.78, 5) is 7.55. The Kier molecular flexibility index (Phi) is 4.53. The summed E-state index contributed by atoms with van der Waals surface area (Å²) in [6.07, 6.45) is 4.72. The number of rotatable bonds is 4. The van der Waals surface area contributed by atoms with Gasteiger partial charge in [-0.3, -0.25) is 0 Å². The Hall–Kier alpha value is -2.81. The number of ether oxygens (including phenoxy) is 2. The number of fused-ring (bicyclic) bond motifs is 4. The molecule has 0 radical (unpaired) electrons. The highest BCUT2D eigenvalue weighted by Gasteiger charge is 2.43. The van der Waals surface area contributed by atoms with Crippen molar-refractivity contribution in [3.63, 3.8) is 0 Å². The van der Waals surface area contributed by atoms with Crippen LogP contribution in [-0.2, 0) is 6.54 Å². The highest BCUT2D eigenvalue weighted by Crippen LogP contribution is 2.42. The normalized spacial score (nSPS) is 27.6. The first-order chi connectivity index (χ1) is 16.2. The molecule has 5 heterocycles. The number of nitrogens with one attached hydrogen (secondary N) is 1. The molecule has 3 aliphatic heterocycles. The lowest BCUT2D eigenvalue weighted by atomic mass is 9.91. The monoisotopic (exact) mass is 464 g/mol. The topological polar surface area (TPSA) is 77.3 Å². The molecule has 1 saturated carbocycles. The van der Waals surface area contributed by atoms with Crippen LogP contribution in [0.1, 0.15) is 48.7 Å². The van der Waals surface area contributed by atoms with Gasteiger partial charge < -0.3 is 19.7 Å². The van der Waals surface area contributed by atoms with E-state index in [0.717, 1.165) is 61.4 Å². The third-order valence-corrected chi connectivity index (χ3v) is 8.67. The number of nitrogens with zero attached hydrogens (tertiary/aromatic N) is 5. The van der Waals surface area contributed by atoms with Gasteiger partial charge in [-0.1, -0.05) is 6.07 Å². The molecule has 1 aromatic carbocycles. The zero-order valence-corrected chi connectivity index (χ0v) is 19.6. The van der Waals surface area contributed by atoms with Crippen molar-refractivity contribution in [1.82, 2.24) is 19.1 Å². The number of aryl methyl sites for hydroxylation is 2. The zero-order chi connectivity index (χ0) is 21.9. The Labute approximate surface area is 197 Å². The van der Waals surface area contributed by atoms with Gasteiger partial charge in [-0.2, -0.15) is 9.36 Å². The molecular formula is C24H28N6O2S. The van der Waals surface area contributed by atoms with Gasteiger partial charge in [0.15, 0.2) is 11.5 Å². The van der Waals surface area contributed by atoms with Gasteiger partial charge in [-0.25, -0.2) is 4.68 Å². The van der Waals surface area contributed by atoms with E-state index in [0.29, 0.717) is 24.7 Å². The molecule has 4 atom stereocenters. The van der Waals surface area contributed by atoms with Crippen LogP contribution in [0.3, 0.4) is 0 Å². The molecule has 2 fully saturated rings. The molecule has 0 amide bonds. The molecule has 1 N–H and O–H groups in total. The van der Waals surface area contributed by atoms with Crippen LogP contribution in [0.25, 0.3) is 0 Å². The number of hydrogen-bond acceptors (Lipinski definition) is 8. The number of benzene rings is 1. The van der Waals surface area contributed by atoms with Crippen LogP contribution < -0.4 is 19.7 Å². The molecule has 2 bridgehead atoms. The highest BCUT2D eigenvalue weighted by molar-refractivity contribution is 7.10. The lowest BCUT2D eigenvalue weighted by molar-refractivity contribution is 0.174. The number of hydrogen-bond donors (Lipinski definition) is 1. The van der Waals surface area contributed by atoms with Crippen LogP contribution in [0, 0.1) is 18.8 Å². The van der Waals surface area contributed by atoms with Crippen LogP contribution >= 0.6 is 11.5 Å². The van der Waals surface area contributed by atoms with E-state index in [2.05, 4.69) is 44.4 Å². The minimum absolute atomic E-state index is 0.240. The molecule has 4 aliphatic rings. The molecule has 1 aliphatic carbocycles. The van der Waals surface area contributed by atoms with Crippen LogP contribution in [-0.4, -0.2) is 45.1 Å². The van der Waals surface area contributed by atoms with Gasteiger partial charge in [0, 0.05) is 31.6 Å². The summed E-state index contributed by atoms with van der Waals surface area (Å²) in [7, 11) is 0. The van der Waals surface area contributed by atoms with Gasteiger partial charge in [0.25, 0.3) is 0 Å². The average Bonchev–Trinajstić information content (AvgIpc) is 3.59. The Morgan fingerprint density at radius 3 is 2.73 bits per heavy atom. The van der Waals surface area contributed by atoms with E-state index in [9.17, 15) is 0 Å². The van der Waals surface area contributed by atoms with Crippen molar-refractivity contribution < 1.29 is 9.47 Å². The molecule has 2 aromatic heterocycles. The second-order valence-corrected chi connectivity index (χ2v) is 10.6. The van der Waals surface area contributed by atoms with Gasteiger partial charge in [0.1, 0.15) is 10.8 Å². The fraction of sp³-hybridized carbons (Fsp3) is 0.542. The minimum atomic E-state index is 0.240. The fourth-order valence-corrected chi connectivity index (χ4v) is 6.92. The van der Waals surface area contributed by atoms with Crippen molar-refractivity contribution >= 4 is 22.5 Å². The van der Waals surface area contributed by atoms with Crippen LogP contribution in [0.5, 0.6) is 11.5 Å². The Morgan fingerprint density at radius 2 is 1.91 bits per heavy atom. The van der Waals surface area contributed by atoms with Crippen molar-refractivity contribution in [2.75, 3.05) is 30.1 Å². The summed E-state index contributed by atoms with van der Waals surface area (Å²) in [6.45, 7) is 5.48. The lowest BCUT2D eigenvalue weighted by Gasteiger charge is -2.38. The Morgan fingerprint density at radius 1 is 1.06 bits per heavy atom. The predicted octanol–water partition coefficient (Wildman–Crippen LogP) is 4.02. The summed E-state index contributed by atoms with van der Waals surface area (Å²) in [5, 5.41) is 9.96. The van der Waals surface area contributed by atoms with Crippen molar-refractivity contribution in [3.05, 3.63) is 41.3 Å². The number of anilines is 2. The van der Waals surface area contributed by atoms with Gasteiger partial charge >= 0.3 is 0 Å². The van der Waals surface area contributed by atoms with Crippen LogP contribution in [0.15, 0.2) is 24.3 Å². The molecule has 3 aromatic rings. The number of piperidine rings is 1. The van der Waals surface area contributed by atoms with Crippen molar-refractivity contribution in [2.24, 2.45) is 11.8 Å². The lowest BCUT2D eigenvalue weighted by Crippen LogP contribution is -2.48. The van der Waals surface area contributed by atoms with E-state index in [4.69, 9.17) is 19.6 Å². The molecule has 1 unspecified atom stereocenters. The van der Waals surface area contributed by atoms with Gasteiger partial charge in [-0.15, -0.1) is 5.10 Å². The predicted molar refractivity (Wildman–Crippen MR) is 126 cm³/mol. The third-order valence-electron chi connectivity index (χ3n) is 7.73. The van der Waals surface area contributed by atoms with Crippen molar-refractivity contribution in [1.29, 1.82) is 0 Å². The van der Waals surface area contributed by atoms with Crippen LogP contribution in [0.2, 0.25) is 0 Å². The van der Waals surface area contributed by atoms with E-state index in [1.54, 1.807) is 11.5 Å². The van der Waals surface area contributed by atoms with Crippen molar-refractivity contribution in [3.8, 4) is 11.5 Å². The van der Waals surface area contributed by atoms with Gasteiger partial charge in [-0.05, 0) is 79.7 Å². The maximum atomic E-state index is 5.61. The third kappa shape index (κ3) is 3.36. The molecule has 172 valence electrons. The minimum Gasteiger partial charge on any atom is -0.454 e.